The first-order valence-corrected chi connectivity index (χ1v) is 10.6. The monoisotopic (exact) mass is 471 g/mol. The van der Waals surface area contributed by atoms with Gasteiger partial charge in [-0.05, 0) is 53.6 Å². The number of ether oxygens (including phenoxy) is 1. The van der Waals surface area contributed by atoms with E-state index >= 15 is 0 Å². The predicted octanol–water partition coefficient (Wildman–Crippen LogP) is 5.75. The highest BCUT2D eigenvalue weighted by Crippen LogP contribution is 2.20. The van der Waals surface area contributed by atoms with Crippen LogP contribution in [-0.4, -0.2) is 11.4 Å². The molecule has 2 N–H and O–H groups in total. The van der Waals surface area contributed by atoms with Crippen molar-refractivity contribution in [3.63, 3.8) is 0 Å². The average Bonchev–Trinajstić information content (AvgIpc) is 2.74. The summed E-state index contributed by atoms with van der Waals surface area (Å²) in [5.74, 6) is 1.14. The second-order valence-corrected chi connectivity index (χ2v) is 7.90. The molecule has 0 heterocycles. The zero-order valence-electron chi connectivity index (χ0n) is 15.5. The molecule has 0 aliphatic carbocycles. The van der Waals surface area contributed by atoms with Crippen molar-refractivity contribution in [2.24, 2.45) is 15.9 Å². The SMILES string of the molecule is NC(=NN=Cc1ccc(OCc2cc(F)ccc2Br)cc1)SCc1ccccc1. The summed E-state index contributed by atoms with van der Waals surface area (Å²) in [4.78, 5) is 0. The van der Waals surface area contributed by atoms with Crippen LogP contribution in [-0.2, 0) is 12.4 Å². The van der Waals surface area contributed by atoms with Gasteiger partial charge in [-0.25, -0.2) is 4.39 Å². The van der Waals surface area contributed by atoms with Crippen LogP contribution in [0.2, 0.25) is 0 Å². The standard InChI is InChI=1S/C22H19BrFN3OS/c23-21-11-8-19(24)12-18(21)14-28-20-9-6-16(7-10-20)13-26-27-22(25)29-15-17-4-2-1-3-5-17/h1-13H,14-15H2,(H2,25,27). The van der Waals surface area contributed by atoms with E-state index in [1.165, 1.54) is 29.5 Å². The van der Waals surface area contributed by atoms with Crippen molar-refractivity contribution in [3.8, 4) is 5.75 Å². The number of nitrogens with zero attached hydrogens (tertiary/aromatic N) is 2. The van der Waals surface area contributed by atoms with Crippen LogP contribution in [0.1, 0.15) is 16.7 Å². The summed E-state index contributed by atoms with van der Waals surface area (Å²) in [5, 5.41) is 8.44. The third-order valence-corrected chi connectivity index (χ3v) is 5.50. The molecule has 0 aromatic heterocycles. The summed E-state index contributed by atoms with van der Waals surface area (Å²) in [6, 6.07) is 21.9. The summed E-state index contributed by atoms with van der Waals surface area (Å²) >= 11 is 4.83. The number of halogens is 2. The summed E-state index contributed by atoms with van der Waals surface area (Å²) in [6.45, 7) is 0.269. The maximum Gasteiger partial charge on any atom is 0.180 e. The Balaban J connectivity index is 1.49. The molecule has 148 valence electrons. The highest BCUT2D eigenvalue weighted by Gasteiger charge is 2.03. The van der Waals surface area contributed by atoms with E-state index in [9.17, 15) is 4.39 Å². The minimum absolute atomic E-state index is 0.269. The summed E-state index contributed by atoms with van der Waals surface area (Å²) in [7, 11) is 0. The first-order chi connectivity index (χ1) is 14.1. The highest BCUT2D eigenvalue weighted by molar-refractivity contribution is 9.10. The van der Waals surface area contributed by atoms with Crippen LogP contribution >= 0.6 is 27.7 Å². The van der Waals surface area contributed by atoms with Crippen LogP contribution in [0.25, 0.3) is 0 Å². The Bertz CT molecular complexity index is 995. The van der Waals surface area contributed by atoms with Crippen LogP contribution < -0.4 is 10.5 Å². The number of rotatable bonds is 7. The quantitative estimate of drug-likeness (QED) is 0.271. The molecule has 29 heavy (non-hydrogen) atoms. The van der Waals surface area contributed by atoms with Crippen LogP contribution in [0, 0.1) is 5.82 Å². The fourth-order valence-corrected chi connectivity index (χ4v) is 3.35. The molecule has 4 nitrogen and oxygen atoms in total. The second-order valence-electron chi connectivity index (χ2n) is 6.05. The van der Waals surface area contributed by atoms with Crippen molar-refractivity contribution in [2.45, 2.75) is 12.4 Å². The van der Waals surface area contributed by atoms with Gasteiger partial charge in [-0.2, -0.15) is 5.10 Å². The molecule has 0 saturated heterocycles. The topological polar surface area (TPSA) is 60.0 Å². The lowest BCUT2D eigenvalue weighted by molar-refractivity contribution is 0.305. The summed E-state index contributed by atoms with van der Waals surface area (Å²) in [5.41, 5.74) is 8.67. The van der Waals surface area contributed by atoms with Gasteiger partial charge in [-0.3, -0.25) is 0 Å². The Morgan fingerprint density at radius 3 is 2.59 bits per heavy atom. The Hall–Kier alpha value is -2.64. The Kier molecular flexibility index (Phi) is 7.84. The fraction of sp³-hybridized carbons (Fsp3) is 0.0909. The number of benzene rings is 3. The van der Waals surface area contributed by atoms with Gasteiger partial charge in [0.2, 0.25) is 0 Å². The molecule has 0 fully saturated rings. The number of hydrogen-bond acceptors (Lipinski definition) is 4. The van der Waals surface area contributed by atoms with Gasteiger partial charge in [-0.15, -0.1) is 5.10 Å². The summed E-state index contributed by atoms with van der Waals surface area (Å²) < 4.78 is 19.8. The van der Waals surface area contributed by atoms with E-state index in [1.807, 2.05) is 54.6 Å². The van der Waals surface area contributed by atoms with Crippen LogP contribution in [0.3, 0.4) is 0 Å². The molecule has 0 bridgehead atoms. The maximum absolute atomic E-state index is 13.3. The number of nitrogens with two attached hydrogens (primary N) is 1. The van der Waals surface area contributed by atoms with Gasteiger partial charge in [0.25, 0.3) is 0 Å². The molecular formula is C22H19BrFN3OS. The van der Waals surface area contributed by atoms with Crippen LogP contribution in [0.4, 0.5) is 4.39 Å². The van der Waals surface area contributed by atoms with Crippen molar-refractivity contribution in [3.05, 3.63) is 99.8 Å². The number of amidine groups is 1. The highest BCUT2D eigenvalue weighted by atomic mass is 79.9. The third kappa shape index (κ3) is 7.03. The normalized spacial score (nSPS) is 11.7. The lowest BCUT2D eigenvalue weighted by Crippen LogP contribution is -2.05. The van der Waals surface area contributed by atoms with Crippen molar-refractivity contribution in [1.29, 1.82) is 0 Å². The van der Waals surface area contributed by atoms with E-state index in [0.717, 1.165) is 21.4 Å². The Labute approximate surface area is 181 Å². The molecule has 7 heteroatoms. The van der Waals surface area contributed by atoms with Gasteiger partial charge in [0.15, 0.2) is 5.17 Å². The zero-order valence-corrected chi connectivity index (χ0v) is 17.9. The zero-order chi connectivity index (χ0) is 20.5. The fourth-order valence-electron chi connectivity index (χ4n) is 2.38. The van der Waals surface area contributed by atoms with E-state index in [0.29, 0.717) is 10.9 Å². The summed E-state index contributed by atoms with van der Waals surface area (Å²) in [6.07, 6.45) is 1.63. The van der Waals surface area contributed by atoms with Crippen molar-refractivity contribution < 1.29 is 9.13 Å². The molecule has 0 aliphatic rings. The molecule has 0 atom stereocenters. The van der Waals surface area contributed by atoms with Gasteiger partial charge < -0.3 is 10.5 Å². The van der Waals surface area contributed by atoms with Crippen molar-refractivity contribution >= 4 is 39.1 Å². The first kappa shape index (κ1) is 21.1. The Morgan fingerprint density at radius 1 is 1.07 bits per heavy atom. The molecule has 0 unspecified atom stereocenters. The molecule has 0 amide bonds. The largest absolute Gasteiger partial charge is 0.489 e. The van der Waals surface area contributed by atoms with Gasteiger partial charge >= 0.3 is 0 Å². The van der Waals surface area contributed by atoms with E-state index in [2.05, 4.69) is 26.1 Å². The van der Waals surface area contributed by atoms with Crippen molar-refractivity contribution in [1.82, 2.24) is 0 Å². The molecule has 0 spiro atoms. The van der Waals surface area contributed by atoms with Crippen LogP contribution in [0.5, 0.6) is 5.75 Å². The smallest absolute Gasteiger partial charge is 0.180 e. The minimum Gasteiger partial charge on any atom is -0.489 e. The van der Waals surface area contributed by atoms with E-state index in [-0.39, 0.29) is 12.4 Å². The average molecular weight is 472 g/mol. The first-order valence-electron chi connectivity index (χ1n) is 8.80. The second kappa shape index (κ2) is 10.8. The molecule has 3 aromatic carbocycles. The van der Waals surface area contributed by atoms with Gasteiger partial charge in [0, 0.05) is 15.8 Å². The number of thioether (sulfide) groups is 1. The lowest BCUT2D eigenvalue weighted by Gasteiger charge is -2.08. The maximum atomic E-state index is 13.3. The lowest BCUT2D eigenvalue weighted by atomic mass is 10.2. The van der Waals surface area contributed by atoms with Crippen molar-refractivity contribution in [2.75, 3.05) is 0 Å². The van der Waals surface area contributed by atoms with E-state index in [4.69, 9.17) is 10.5 Å². The molecule has 0 aliphatic heterocycles. The van der Waals surface area contributed by atoms with E-state index in [1.54, 1.807) is 12.3 Å². The molecule has 3 rings (SSSR count). The molecular weight excluding hydrogens is 453 g/mol. The Morgan fingerprint density at radius 2 is 1.83 bits per heavy atom. The van der Waals surface area contributed by atoms with Gasteiger partial charge in [0.05, 0.1) is 6.21 Å². The minimum atomic E-state index is -0.292. The number of hydrogen-bond donors (Lipinski definition) is 1. The van der Waals surface area contributed by atoms with Gasteiger partial charge in [0.1, 0.15) is 18.2 Å². The molecule has 3 aromatic rings. The third-order valence-electron chi connectivity index (χ3n) is 3.87. The van der Waals surface area contributed by atoms with Crippen LogP contribution in [0.15, 0.2) is 87.5 Å². The molecule has 0 saturated carbocycles. The van der Waals surface area contributed by atoms with Gasteiger partial charge in [-0.1, -0.05) is 58.0 Å². The van der Waals surface area contributed by atoms with E-state index < -0.39 is 0 Å². The predicted molar refractivity (Wildman–Crippen MR) is 122 cm³/mol. The molecule has 0 radical (unpaired) electrons.